The SMILES string of the molecule is CCC(C)C(NC(=O)C(N)CCCN=C(N)N)C(=O)NC(Cc1ccc(O)cc1)C(=O)O. The Bertz CT molecular complexity index is 794. The molecule has 1 aromatic carbocycles. The van der Waals surface area contributed by atoms with Crippen molar-refractivity contribution in [1.82, 2.24) is 10.6 Å². The molecule has 0 spiro atoms. The molecular weight excluding hydrogens is 416 g/mol. The number of aliphatic imine (C=N–C) groups is 1. The van der Waals surface area contributed by atoms with E-state index in [2.05, 4.69) is 15.6 Å². The minimum atomic E-state index is -1.21. The molecule has 0 bridgehead atoms. The zero-order chi connectivity index (χ0) is 24.3. The summed E-state index contributed by atoms with van der Waals surface area (Å²) >= 11 is 0. The van der Waals surface area contributed by atoms with Crippen LogP contribution >= 0.6 is 0 Å². The lowest BCUT2D eigenvalue weighted by Gasteiger charge is -2.26. The van der Waals surface area contributed by atoms with Crippen LogP contribution in [0.15, 0.2) is 29.3 Å². The van der Waals surface area contributed by atoms with E-state index in [1.165, 1.54) is 12.1 Å². The third-order valence-corrected chi connectivity index (χ3v) is 5.09. The van der Waals surface area contributed by atoms with Crippen LogP contribution in [-0.4, -0.2) is 58.6 Å². The molecule has 0 fully saturated rings. The monoisotopic (exact) mass is 450 g/mol. The Morgan fingerprint density at radius 2 is 1.72 bits per heavy atom. The van der Waals surface area contributed by atoms with Crippen LogP contribution < -0.4 is 27.8 Å². The second-order valence-corrected chi connectivity index (χ2v) is 7.70. The van der Waals surface area contributed by atoms with Gasteiger partial charge in [0.1, 0.15) is 17.8 Å². The van der Waals surface area contributed by atoms with E-state index in [4.69, 9.17) is 17.2 Å². The van der Waals surface area contributed by atoms with E-state index in [1.807, 2.05) is 6.92 Å². The van der Waals surface area contributed by atoms with Crippen molar-refractivity contribution in [3.63, 3.8) is 0 Å². The van der Waals surface area contributed by atoms with Gasteiger partial charge in [-0.25, -0.2) is 4.79 Å². The number of guanidine groups is 1. The Morgan fingerprint density at radius 1 is 1.09 bits per heavy atom. The zero-order valence-electron chi connectivity index (χ0n) is 18.5. The summed E-state index contributed by atoms with van der Waals surface area (Å²) in [5, 5.41) is 24.1. The molecule has 0 aliphatic rings. The van der Waals surface area contributed by atoms with Gasteiger partial charge in [0.25, 0.3) is 0 Å². The summed E-state index contributed by atoms with van der Waals surface area (Å²) in [5.74, 6) is -2.57. The summed E-state index contributed by atoms with van der Waals surface area (Å²) in [6, 6.07) is 3.01. The number of nitrogens with two attached hydrogens (primary N) is 3. The number of hydrogen-bond donors (Lipinski definition) is 7. The second kappa shape index (κ2) is 13.2. The Kier molecular flexibility index (Phi) is 11.0. The molecule has 0 aliphatic carbocycles. The summed E-state index contributed by atoms with van der Waals surface area (Å²) in [6.45, 7) is 3.97. The zero-order valence-corrected chi connectivity index (χ0v) is 18.5. The predicted octanol–water partition coefficient (Wildman–Crippen LogP) is -0.584. The topological polar surface area (TPSA) is 206 Å². The first-order chi connectivity index (χ1) is 15.0. The number of carboxylic acids is 1. The van der Waals surface area contributed by atoms with Crippen LogP contribution in [0.3, 0.4) is 0 Å². The summed E-state index contributed by atoms with van der Waals surface area (Å²) in [7, 11) is 0. The van der Waals surface area contributed by atoms with E-state index in [0.29, 0.717) is 31.4 Å². The highest BCUT2D eigenvalue weighted by Gasteiger charge is 2.31. The Morgan fingerprint density at radius 3 is 2.25 bits per heavy atom. The quantitative estimate of drug-likeness (QED) is 0.117. The summed E-state index contributed by atoms with van der Waals surface area (Å²) < 4.78 is 0. The third-order valence-electron chi connectivity index (χ3n) is 5.09. The highest BCUT2D eigenvalue weighted by Crippen LogP contribution is 2.13. The molecule has 1 aromatic rings. The maximum absolute atomic E-state index is 12.9. The van der Waals surface area contributed by atoms with Gasteiger partial charge >= 0.3 is 5.97 Å². The van der Waals surface area contributed by atoms with Gasteiger partial charge in [0, 0.05) is 13.0 Å². The van der Waals surface area contributed by atoms with Crippen molar-refractivity contribution in [2.75, 3.05) is 6.54 Å². The van der Waals surface area contributed by atoms with Crippen molar-refractivity contribution in [2.24, 2.45) is 28.1 Å². The minimum Gasteiger partial charge on any atom is -0.508 e. The fourth-order valence-corrected chi connectivity index (χ4v) is 2.94. The van der Waals surface area contributed by atoms with Gasteiger partial charge in [-0.3, -0.25) is 14.6 Å². The third kappa shape index (κ3) is 9.21. The first-order valence-electron chi connectivity index (χ1n) is 10.5. The van der Waals surface area contributed by atoms with Crippen molar-refractivity contribution in [1.29, 1.82) is 0 Å². The molecule has 4 unspecified atom stereocenters. The van der Waals surface area contributed by atoms with Crippen LogP contribution in [0.1, 0.15) is 38.7 Å². The van der Waals surface area contributed by atoms with E-state index >= 15 is 0 Å². The fraction of sp³-hybridized carbons (Fsp3) is 0.524. The van der Waals surface area contributed by atoms with E-state index in [0.717, 1.165) is 0 Å². The highest BCUT2D eigenvalue weighted by atomic mass is 16.4. The molecule has 0 radical (unpaired) electrons. The number of phenolic OH excluding ortho intramolecular Hbond substituents is 1. The molecule has 0 heterocycles. The number of nitrogens with zero attached hydrogens (tertiary/aromatic N) is 1. The summed E-state index contributed by atoms with van der Waals surface area (Å²) in [5.41, 5.74) is 17.1. The number of phenols is 1. The first-order valence-corrected chi connectivity index (χ1v) is 10.5. The van der Waals surface area contributed by atoms with Crippen molar-refractivity contribution in [3.05, 3.63) is 29.8 Å². The van der Waals surface area contributed by atoms with Gasteiger partial charge in [-0.1, -0.05) is 32.4 Å². The average molecular weight is 451 g/mol. The highest BCUT2D eigenvalue weighted by molar-refractivity contribution is 5.92. The largest absolute Gasteiger partial charge is 0.508 e. The minimum absolute atomic E-state index is 0.0207. The van der Waals surface area contributed by atoms with Crippen LogP contribution in [0.2, 0.25) is 0 Å². The van der Waals surface area contributed by atoms with Crippen LogP contribution in [0.25, 0.3) is 0 Å². The van der Waals surface area contributed by atoms with Crippen LogP contribution in [-0.2, 0) is 20.8 Å². The molecule has 2 amide bonds. The summed E-state index contributed by atoms with van der Waals surface area (Å²) in [6.07, 6.45) is 1.40. The molecule has 0 aliphatic heterocycles. The standard InChI is InChI=1S/C21H34N6O5/c1-3-12(2)17(27-18(29)15(22)5-4-10-25-21(23)24)19(30)26-16(20(31)32)11-13-6-8-14(28)9-7-13/h6-9,12,15-17,28H,3-5,10-11,22H2,1-2H3,(H,26,30)(H,27,29)(H,31,32)(H4,23,24,25). The molecule has 0 saturated carbocycles. The van der Waals surface area contributed by atoms with Gasteiger partial charge in [-0.2, -0.15) is 0 Å². The van der Waals surface area contributed by atoms with Crippen molar-refractivity contribution < 1.29 is 24.6 Å². The van der Waals surface area contributed by atoms with Gasteiger partial charge in [0.2, 0.25) is 11.8 Å². The van der Waals surface area contributed by atoms with Gasteiger partial charge in [0.15, 0.2) is 5.96 Å². The number of hydrogen-bond acceptors (Lipinski definition) is 6. The Labute approximate surface area is 187 Å². The summed E-state index contributed by atoms with van der Waals surface area (Å²) in [4.78, 5) is 40.9. The number of carboxylic acid groups (broad SMARTS) is 1. The Hall–Kier alpha value is -3.34. The molecule has 0 aromatic heterocycles. The molecular formula is C21H34N6O5. The fourth-order valence-electron chi connectivity index (χ4n) is 2.94. The maximum atomic E-state index is 12.9. The van der Waals surface area contributed by atoms with E-state index < -0.39 is 35.9 Å². The lowest BCUT2D eigenvalue weighted by molar-refractivity contribution is -0.142. The van der Waals surface area contributed by atoms with E-state index in [1.54, 1.807) is 19.1 Å². The van der Waals surface area contributed by atoms with Crippen LogP contribution in [0.5, 0.6) is 5.75 Å². The number of rotatable bonds is 13. The molecule has 178 valence electrons. The molecule has 10 N–H and O–H groups in total. The van der Waals surface area contributed by atoms with Crippen molar-refractivity contribution in [2.45, 2.75) is 57.7 Å². The van der Waals surface area contributed by atoms with Crippen molar-refractivity contribution >= 4 is 23.7 Å². The van der Waals surface area contributed by atoms with E-state index in [9.17, 15) is 24.6 Å². The van der Waals surface area contributed by atoms with Gasteiger partial charge in [-0.15, -0.1) is 0 Å². The molecule has 1 rings (SSSR count). The van der Waals surface area contributed by atoms with Crippen LogP contribution in [0, 0.1) is 5.92 Å². The molecule has 32 heavy (non-hydrogen) atoms. The molecule has 0 saturated heterocycles. The molecule has 11 heteroatoms. The van der Waals surface area contributed by atoms with Crippen molar-refractivity contribution in [3.8, 4) is 5.75 Å². The second-order valence-electron chi connectivity index (χ2n) is 7.70. The van der Waals surface area contributed by atoms with E-state index in [-0.39, 0.29) is 24.0 Å². The van der Waals surface area contributed by atoms with Gasteiger partial charge < -0.3 is 38.0 Å². The smallest absolute Gasteiger partial charge is 0.326 e. The number of carbonyl (C=O) groups excluding carboxylic acids is 2. The molecule has 4 atom stereocenters. The Balaban J connectivity index is 2.80. The number of amides is 2. The average Bonchev–Trinajstić information content (AvgIpc) is 2.74. The van der Waals surface area contributed by atoms with Gasteiger partial charge in [0.05, 0.1) is 6.04 Å². The normalized spacial score (nSPS) is 14.5. The number of aliphatic carboxylic acids is 1. The van der Waals surface area contributed by atoms with Gasteiger partial charge in [-0.05, 0) is 36.5 Å². The van der Waals surface area contributed by atoms with Crippen LogP contribution in [0.4, 0.5) is 0 Å². The lowest BCUT2D eigenvalue weighted by atomic mass is 9.96. The number of nitrogens with one attached hydrogen (secondary N) is 2. The molecule has 11 nitrogen and oxygen atoms in total. The number of benzene rings is 1. The predicted molar refractivity (Wildman–Crippen MR) is 121 cm³/mol. The lowest BCUT2D eigenvalue weighted by Crippen LogP contribution is -2.57. The first kappa shape index (κ1) is 26.7. The number of carbonyl (C=O) groups is 3. The maximum Gasteiger partial charge on any atom is 0.326 e. The number of aromatic hydroxyl groups is 1.